The van der Waals surface area contributed by atoms with Gasteiger partial charge in [0.2, 0.25) is 0 Å². The molecule has 0 aromatic heterocycles. The maximum atomic E-state index is 10.9. The second kappa shape index (κ2) is 7.15. The van der Waals surface area contributed by atoms with E-state index in [0.717, 1.165) is 38.2 Å². The van der Waals surface area contributed by atoms with Crippen molar-refractivity contribution in [1.82, 2.24) is 4.90 Å². The average Bonchev–Trinajstić information content (AvgIpc) is 2.42. The summed E-state index contributed by atoms with van der Waals surface area (Å²) in [6, 6.07) is 5.18. The lowest BCUT2D eigenvalue weighted by molar-refractivity contribution is -0.385. The Kier molecular flexibility index (Phi) is 5.51. The first-order valence-electron chi connectivity index (χ1n) is 6.76. The van der Waals surface area contributed by atoms with Crippen LogP contribution in [0.5, 0.6) is 0 Å². The van der Waals surface area contributed by atoms with Crippen molar-refractivity contribution in [2.24, 2.45) is 5.92 Å². The van der Waals surface area contributed by atoms with Gasteiger partial charge in [-0.05, 0) is 47.3 Å². The number of halogens is 1. The Hall–Kier alpha value is -0.980. The van der Waals surface area contributed by atoms with Crippen LogP contribution in [0.3, 0.4) is 0 Å². The van der Waals surface area contributed by atoms with Crippen LogP contribution in [0, 0.1) is 16.0 Å². The first-order chi connectivity index (χ1) is 9.58. The molecule has 110 valence electrons. The second-order valence-corrected chi connectivity index (χ2v) is 6.05. The van der Waals surface area contributed by atoms with Crippen molar-refractivity contribution < 1.29 is 9.66 Å². The van der Waals surface area contributed by atoms with Gasteiger partial charge >= 0.3 is 0 Å². The van der Waals surface area contributed by atoms with Gasteiger partial charge < -0.3 is 9.64 Å². The van der Waals surface area contributed by atoms with Crippen LogP contribution >= 0.6 is 15.9 Å². The SMILES string of the molecule is CN(Cc1cccc([N+](=O)[O-])c1Br)CC1CCOCC1. The van der Waals surface area contributed by atoms with E-state index in [1.807, 2.05) is 6.07 Å². The van der Waals surface area contributed by atoms with E-state index in [4.69, 9.17) is 4.74 Å². The molecule has 5 nitrogen and oxygen atoms in total. The van der Waals surface area contributed by atoms with Crippen LogP contribution in [0.2, 0.25) is 0 Å². The minimum atomic E-state index is -0.355. The van der Waals surface area contributed by atoms with Gasteiger partial charge in [-0.1, -0.05) is 12.1 Å². The number of rotatable bonds is 5. The summed E-state index contributed by atoms with van der Waals surface area (Å²) in [6.07, 6.45) is 2.20. The molecule has 0 spiro atoms. The Bertz CT molecular complexity index is 475. The molecular weight excluding hydrogens is 324 g/mol. The van der Waals surface area contributed by atoms with E-state index in [1.54, 1.807) is 6.07 Å². The van der Waals surface area contributed by atoms with Crippen LogP contribution in [-0.2, 0) is 11.3 Å². The number of nitrogens with zero attached hydrogens (tertiary/aromatic N) is 2. The number of ether oxygens (including phenoxy) is 1. The fourth-order valence-corrected chi connectivity index (χ4v) is 3.09. The first-order valence-corrected chi connectivity index (χ1v) is 7.55. The highest BCUT2D eigenvalue weighted by atomic mass is 79.9. The maximum Gasteiger partial charge on any atom is 0.283 e. The summed E-state index contributed by atoms with van der Waals surface area (Å²) >= 11 is 3.35. The van der Waals surface area contributed by atoms with Crippen molar-refractivity contribution in [3.63, 3.8) is 0 Å². The Balaban J connectivity index is 1.98. The highest BCUT2D eigenvalue weighted by Crippen LogP contribution is 2.29. The van der Waals surface area contributed by atoms with E-state index in [1.165, 1.54) is 6.07 Å². The number of nitro groups is 1. The molecule has 0 atom stereocenters. The highest BCUT2D eigenvalue weighted by molar-refractivity contribution is 9.10. The van der Waals surface area contributed by atoms with Crippen LogP contribution in [0.1, 0.15) is 18.4 Å². The Morgan fingerprint density at radius 3 is 2.80 bits per heavy atom. The molecule has 0 unspecified atom stereocenters. The standard InChI is InChI=1S/C14H19BrN2O3/c1-16(9-11-5-7-20-8-6-11)10-12-3-2-4-13(14(12)15)17(18)19/h2-4,11H,5-10H2,1H3. The molecule has 0 aliphatic carbocycles. The summed E-state index contributed by atoms with van der Waals surface area (Å²) in [6.45, 7) is 3.40. The minimum Gasteiger partial charge on any atom is -0.381 e. The summed E-state index contributed by atoms with van der Waals surface area (Å²) in [4.78, 5) is 12.8. The molecule has 1 saturated heterocycles. The lowest BCUT2D eigenvalue weighted by atomic mass is 10.00. The van der Waals surface area contributed by atoms with Gasteiger partial charge in [-0.15, -0.1) is 0 Å². The molecule has 1 aliphatic heterocycles. The lowest BCUT2D eigenvalue weighted by Gasteiger charge is -2.27. The van der Waals surface area contributed by atoms with Crippen molar-refractivity contribution in [3.8, 4) is 0 Å². The molecule has 20 heavy (non-hydrogen) atoms. The zero-order valence-electron chi connectivity index (χ0n) is 11.5. The number of hydrogen-bond acceptors (Lipinski definition) is 4. The molecule has 0 radical (unpaired) electrons. The van der Waals surface area contributed by atoms with Crippen molar-refractivity contribution >= 4 is 21.6 Å². The average molecular weight is 343 g/mol. The maximum absolute atomic E-state index is 10.9. The molecule has 0 amide bonds. The Labute approximate surface area is 127 Å². The molecule has 1 aromatic rings. The third-order valence-corrected chi connectivity index (χ3v) is 4.52. The van der Waals surface area contributed by atoms with E-state index in [0.29, 0.717) is 16.9 Å². The largest absolute Gasteiger partial charge is 0.381 e. The quantitative estimate of drug-likeness (QED) is 0.609. The van der Waals surface area contributed by atoms with Crippen LogP contribution < -0.4 is 0 Å². The molecule has 1 aromatic carbocycles. The molecule has 0 bridgehead atoms. The van der Waals surface area contributed by atoms with Gasteiger partial charge in [-0.3, -0.25) is 10.1 Å². The molecule has 1 fully saturated rings. The van der Waals surface area contributed by atoms with Crippen LogP contribution in [0.25, 0.3) is 0 Å². The zero-order valence-corrected chi connectivity index (χ0v) is 13.1. The topological polar surface area (TPSA) is 55.6 Å². The lowest BCUT2D eigenvalue weighted by Crippen LogP contribution is -2.29. The molecule has 6 heteroatoms. The summed E-state index contributed by atoms with van der Waals surface area (Å²) in [5.41, 5.74) is 1.08. The predicted octanol–water partition coefficient (Wildman–Crippen LogP) is 3.22. The first kappa shape index (κ1) is 15.4. The third-order valence-electron chi connectivity index (χ3n) is 3.61. The summed E-state index contributed by atoms with van der Waals surface area (Å²) in [5.74, 6) is 0.659. The van der Waals surface area contributed by atoms with Crippen molar-refractivity contribution in [1.29, 1.82) is 0 Å². The monoisotopic (exact) mass is 342 g/mol. The molecule has 0 saturated carbocycles. The molecule has 0 N–H and O–H groups in total. The van der Waals surface area contributed by atoms with E-state index in [9.17, 15) is 10.1 Å². The molecule has 2 rings (SSSR count). The van der Waals surface area contributed by atoms with Gasteiger partial charge in [0, 0.05) is 32.4 Å². The summed E-state index contributed by atoms with van der Waals surface area (Å²) in [5, 5.41) is 10.9. The fraction of sp³-hybridized carbons (Fsp3) is 0.571. The van der Waals surface area contributed by atoms with Crippen molar-refractivity contribution in [3.05, 3.63) is 38.3 Å². The predicted molar refractivity (Wildman–Crippen MR) is 80.7 cm³/mol. The number of hydrogen-bond donors (Lipinski definition) is 0. The highest BCUT2D eigenvalue weighted by Gasteiger charge is 2.18. The fourth-order valence-electron chi connectivity index (χ4n) is 2.55. The van der Waals surface area contributed by atoms with Gasteiger partial charge in [0.1, 0.15) is 0 Å². The number of benzene rings is 1. The zero-order chi connectivity index (χ0) is 14.5. The molecule has 1 aliphatic rings. The Morgan fingerprint density at radius 2 is 2.15 bits per heavy atom. The smallest absolute Gasteiger partial charge is 0.283 e. The van der Waals surface area contributed by atoms with Crippen LogP contribution in [-0.4, -0.2) is 36.6 Å². The van der Waals surface area contributed by atoms with Crippen molar-refractivity contribution in [2.75, 3.05) is 26.8 Å². The molecular formula is C14H19BrN2O3. The Morgan fingerprint density at radius 1 is 1.45 bits per heavy atom. The van der Waals surface area contributed by atoms with E-state index < -0.39 is 0 Å². The van der Waals surface area contributed by atoms with Crippen molar-refractivity contribution in [2.45, 2.75) is 19.4 Å². The normalized spacial score (nSPS) is 16.6. The van der Waals surface area contributed by atoms with Gasteiger partial charge in [0.05, 0.1) is 9.40 Å². The van der Waals surface area contributed by atoms with Crippen LogP contribution in [0.15, 0.2) is 22.7 Å². The van der Waals surface area contributed by atoms with Gasteiger partial charge in [0.15, 0.2) is 0 Å². The van der Waals surface area contributed by atoms with Gasteiger partial charge in [0.25, 0.3) is 5.69 Å². The summed E-state index contributed by atoms with van der Waals surface area (Å²) in [7, 11) is 2.06. The minimum absolute atomic E-state index is 0.127. The van der Waals surface area contributed by atoms with Gasteiger partial charge in [-0.25, -0.2) is 0 Å². The van der Waals surface area contributed by atoms with Gasteiger partial charge in [-0.2, -0.15) is 0 Å². The second-order valence-electron chi connectivity index (χ2n) is 5.26. The molecule has 1 heterocycles. The van der Waals surface area contributed by atoms with E-state index in [-0.39, 0.29) is 10.6 Å². The van der Waals surface area contributed by atoms with E-state index >= 15 is 0 Å². The number of nitro benzene ring substituents is 1. The van der Waals surface area contributed by atoms with Crippen LogP contribution in [0.4, 0.5) is 5.69 Å². The third kappa shape index (κ3) is 4.01. The van der Waals surface area contributed by atoms with E-state index in [2.05, 4.69) is 27.9 Å². The summed E-state index contributed by atoms with van der Waals surface area (Å²) < 4.78 is 5.95.